The predicted octanol–water partition coefficient (Wildman–Crippen LogP) is 3.79. The summed E-state index contributed by atoms with van der Waals surface area (Å²) in [7, 11) is 6.29. The van der Waals surface area contributed by atoms with Crippen LogP contribution in [0.15, 0.2) is 47.5 Å². The first-order valence-corrected chi connectivity index (χ1v) is 9.08. The Morgan fingerprint density at radius 2 is 1.17 bits per heavy atom. The van der Waals surface area contributed by atoms with Gasteiger partial charge in [0.2, 0.25) is 0 Å². The van der Waals surface area contributed by atoms with Gasteiger partial charge in [-0.3, -0.25) is 4.79 Å². The number of ether oxygens (including phenoxy) is 5. The molecule has 2 aromatic carbocycles. The van der Waals surface area contributed by atoms with Crippen LogP contribution in [0.2, 0.25) is 0 Å². The fourth-order valence-electron chi connectivity index (χ4n) is 3.25. The molecule has 2 aromatic rings. The van der Waals surface area contributed by atoms with E-state index in [2.05, 4.69) is 0 Å². The lowest BCUT2D eigenvalue weighted by atomic mass is 9.97. The number of ketones is 1. The first-order valence-electron chi connectivity index (χ1n) is 9.08. The van der Waals surface area contributed by atoms with Crippen molar-refractivity contribution in [3.63, 3.8) is 0 Å². The van der Waals surface area contributed by atoms with E-state index in [-0.39, 0.29) is 19.0 Å². The molecule has 0 spiro atoms. The Kier molecular flexibility index (Phi) is 6.57. The fraction of sp³-hybridized carbons (Fsp3) is 0.261. The van der Waals surface area contributed by atoms with Crippen LogP contribution in [0.5, 0.6) is 23.0 Å². The van der Waals surface area contributed by atoms with E-state index in [0.29, 0.717) is 34.1 Å². The van der Waals surface area contributed by atoms with Crippen LogP contribution in [0.1, 0.15) is 11.1 Å². The van der Waals surface area contributed by atoms with E-state index in [0.717, 1.165) is 11.1 Å². The quantitative estimate of drug-likeness (QED) is 0.693. The number of hydrogen-bond donors (Lipinski definition) is 0. The van der Waals surface area contributed by atoms with Crippen LogP contribution in [0, 0.1) is 0 Å². The molecule has 0 amide bonds. The van der Waals surface area contributed by atoms with Crippen molar-refractivity contribution in [1.29, 1.82) is 0 Å². The second kappa shape index (κ2) is 9.30. The zero-order valence-corrected chi connectivity index (χ0v) is 17.0. The third-order valence-electron chi connectivity index (χ3n) is 4.62. The molecule has 29 heavy (non-hydrogen) atoms. The number of para-hydroxylation sites is 2. The summed E-state index contributed by atoms with van der Waals surface area (Å²) in [4.78, 5) is 13.1. The SMILES string of the molecule is COc1cccc(/C=C2/COC/C(=C\c3cccc(OC)c3OC)C2=O)c1OC. The van der Waals surface area contributed by atoms with Crippen molar-refractivity contribution in [3.05, 3.63) is 58.7 Å². The largest absolute Gasteiger partial charge is 0.493 e. The van der Waals surface area contributed by atoms with Crippen LogP contribution in [0.3, 0.4) is 0 Å². The molecule has 1 fully saturated rings. The van der Waals surface area contributed by atoms with Gasteiger partial charge in [0.05, 0.1) is 41.7 Å². The number of rotatable bonds is 6. The molecule has 1 heterocycles. The number of hydrogen-bond acceptors (Lipinski definition) is 6. The van der Waals surface area contributed by atoms with Crippen molar-refractivity contribution in [3.8, 4) is 23.0 Å². The maximum absolute atomic E-state index is 13.1. The first kappa shape index (κ1) is 20.5. The van der Waals surface area contributed by atoms with E-state index in [1.807, 2.05) is 24.3 Å². The number of carbonyl (C=O) groups is 1. The molecule has 1 aliphatic heterocycles. The van der Waals surface area contributed by atoms with Gasteiger partial charge in [0.1, 0.15) is 0 Å². The van der Waals surface area contributed by atoms with Gasteiger partial charge >= 0.3 is 0 Å². The van der Waals surface area contributed by atoms with Gasteiger partial charge in [-0.05, 0) is 24.3 Å². The van der Waals surface area contributed by atoms with Crippen molar-refractivity contribution in [1.82, 2.24) is 0 Å². The molecule has 0 bridgehead atoms. The molecule has 0 radical (unpaired) electrons. The highest BCUT2D eigenvalue weighted by atomic mass is 16.5. The number of carbonyl (C=O) groups excluding carboxylic acids is 1. The lowest BCUT2D eigenvalue weighted by molar-refractivity contribution is -0.114. The van der Waals surface area contributed by atoms with Gasteiger partial charge in [0.15, 0.2) is 28.8 Å². The Hall–Kier alpha value is -3.25. The average molecular weight is 396 g/mol. The van der Waals surface area contributed by atoms with Gasteiger partial charge in [-0.25, -0.2) is 0 Å². The topological polar surface area (TPSA) is 63.2 Å². The minimum atomic E-state index is -0.0778. The highest BCUT2D eigenvalue weighted by molar-refractivity contribution is 6.14. The van der Waals surface area contributed by atoms with Gasteiger partial charge in [-0.2, -0.15) is 0 Å². The van der Waals surface area contributed by atoms with Crippen molar-refractivity contribution in [2.45, 2.75) is 0 Å². The van der Waals surface area contributed by atoms with Gasteiger partial charge in [0, 0.05) is 22.3 Å². The first-order chi connectivity index (χ1) is 14.1. The summed E-state index contributed by atoms with van der Waals surface area (Å²) in [5.74, 6) is 2.26. The smallest absolute Gasteiger partial charge is 0.189 e. The summed E-state index contributed by atoms with van der Waals surface area (Å²) in [6.07, 6.45) is 3.55. The molecule has 0 atom stereocenters. The monoisotopic (exact) mass is 396 g/mol. The Balaban J connectivity index is 1.98. The molecular formula is C23H24O6. The molecule has 1 aliphatic rings. The molecule has 3 rings (SSSR count). The molecule has 0 aromatic heterocycles. The minimum Gasteiger partial charge on any atom is -0.493 e. The van der Waals surface area contributed by atoms with Crippen LogP contribution >= 0.6 is 0 Å². The number of methoxy groups -OCH3 is 4. The fourth-order valence-corrected chi connectivity index (χ4v) is 3.25. The summed E-state index contributed by atoms with van der Waals surface area (Å²) >= 11 is 0. The van der Waals surface area contributed by atoms with Crippen molar-refractivity contribution < 1.29 is 28.5 Å². The van der Waals surface area contributed by atoms with Crippen LogP contribution in [-0.2, 0) is 9.53 Å². The summed E-state index contributed by atoms with van der Waals surface area (Å²) in [6.45, 7) is 0.456. The van der Waals surface area contributed by atoms with E-state index in [9.17, 15) is 4.79 Å². The molecule has 0 aliphatic carbocycles. The minimum absolute atomic E-state index is 0.0778. The Labute approximate surface area is 170 Å². The average Bonchev–Trinajstić information content (AvgIpc) is 2.75. The zero-order chi connectivity index (χ0) is 20.8. The summed E-state index contributed by atoms with van der Waals surface area (Å²) in [5, 5.41) is 0. The predicted molar refractivity (Wildman–Crippen MR) is 111 cm³/mol. The van der Waals surface area contributed by atoms with Crippen LogP contribution < -0.4 is 18.9 Å². The third-order valence-corrected chi connectivity index (χ3v) is 4.62. The third kappa shape index (κ3) is 4.27. The van der Waals surface area contributed by atoms with Crippen LogP contribution in [0.4, 0.5) is 0 Å². The molecule has 6 heteroatoms. The second-order valence-corrected chi connectivity index (χ2v) is 6.33. The van der Waals surface area contributed by atoms with E-state index in [4.69, 9.17) is 23.7 Å². The highest BCUT2D eigenvalue weighted by Gasteiger charge is 2.23. The molecule has 152 valence electrons. The lowest BCUT2D eigenvalue weighted by Gasteiger charge is -2.19. The molecular weight excluding hydrogens is 372 g/mol. The van der Waals surface area contributed by atoms with Gasteiger partial charge in [-0.1, -0.05) is 24.3 Å². The zero-order valence-electron chi connectivity index (χ0n) is 17.0. The summed E-state index contributed by atoms with van der Waals surface area (Å²) in [5.41, 5.74) is 2.57. The Bertz CT molecular complexity index is 882. The maximum Gasteiger partial charge on any atom is 0.189 e. The second-order valence-electron chi connectivity index (χ2n) is 6.33. The van der Waals surface area contributed by atoms with Crippen molar-refractivity contribution in [2.75, 3.05) is 41.7 Å². The molecule has 1 saturated heterocycles. The maximum atomic E-state index is 13.1. The van der Waals surface area contributed by atoms with E-state index < -0.39 is 0 Å². The molecule has 0 unspecified atom stereocenters. The number of Topliss-reactive ketones (excluding diaryl/α,β-unsaturated/α-hetero) is 1. The standard InChI is InChI=1S/C23H24O6/c1-25-19-9-5-7-15(22(19)27-3)11-17-13-29-14-18(21(17)24)12-16-8-6-10-20(26-2)23(16)28-4/h5-12H,13-14H2,1-4H3/b17-11-,18-12+. The van der Waals surface area contributed by atoms with Crippen LogP contribution in [-0.4, -0.2) is 47.4 Å². The molecule has 0 N–H and O–H groups in total. The van der Waals surface area contributed by atoms with Crippen molar-refractivity contribution >= 4 is 17.9 Å². The van der Waals surface area contributed by atoms with E-state index in [1.54, 1.807) is 52.7 Å². The summed E-state index contributed by atoms with van der Waals surface area (Å²) in [6, 6.07) is 11.0. The Morgan fingerprint density at radius 1 is 0.724 bits per heavy atom. The highest BCUT2D eigenvalue weighted by Crippen LogP contribution is 2.35. The van der Waals surface area contributed by atoms with Gasteiger partial charge in [-0.15, -0.1) is 0 Å². The molecule has 6 nitrogen and oxygen atoms in total. The Morgan fingerprint density at radius 3 is 1.55 bits per heavy atom. The van der Waals surface area contributed by atoms with Gasteiger partial charge < -0.3 is 23.7 Å². The van der Waals surface area contributed by atoms with Gasteiger partial charge in [0.25, 0.3) is 0 Å². The van der Waals surface area contributed by atoms with Crippen LogP contribution in [0.25, 0.3) is 12.2 Å². The van der Waals surface area contributed by atoms with E-state index >= 15 is 0 Å². The van der Waals surface area contributed by atoms with E-state index in [1.165, 1.54) is 0 Å². The summed E-state index contributed by atoms with van der Waals surface area (Å²) < 4.78 is 27.2. The molecule has 0 saturated carbocycles. The normalized spacial score (nSPS) is 16.8. The number of benzene rings is 2. The van der Waals surface area contributed by atoms with Crippen molar-refractivity contribution in [2.24, 2.45) is 0 Å². The lowest BCUT2D eigenvalue weighted by Crippen LogP contribution is -2.22.